The van der Waals surface area contributed by atoms with Crippen LogP contribution in [0.4, 0.5) is 0 Å². The van der Waals surface area contributed by atoms with Gasteiger partial charge in [-0.3, -0.25) is 0 Å². The maximum absolute atomic E-state index is 5.37. The summed E-state index contributed by atoms with van der Waals surface area (Å²) >= 11 is 0. The van der Waals surface area contributed by atoms with Crippen LogP contribution in [-0.2, 0) is 27.4 Å². The number of ether oxygens (including phenoxy) is 3. The first-order valence-corrected chi connectivity index (χ1v) is 14.5. The normalized spacial score (nSPS) is 11.2. The van der Waals surface area contributed by atoms with E-state index in [0.717, 1.165) is 11.1 Å². The summed E-state index contributed by atoms with van der Waals surface area (Å²) in [6, 6.07) is 20.0. The van der Waals surface area contributed by atoms with Gasteiger partial charge < -0.3 is 14.2 Å². The summed E-state index contributed by atoms with van der Waals surface area (Å²) in [6.07, 6.45) is 25.5. The minimum Gasteiger partial charge on any atom is -0.351 e. The molecule has 0 atom stereocenters. The molecule has 0 aliphatic carbocycles. The third-order valence-corrected chi connectivity index (χ3v) is 5.84. The molecule has 0 fully saturated rings. The first kappa shape index (κ1) is 32.8. The lowest BCUT2D eigenvalue weighted by Crippen LogP contribution is -2.04. The molecule has 0 bridgehead atoms. The number of allylic oxidation sites excluding steroid dienone is 4. The molecule has 0 aliphatic rings. The van der Waals surface area contributed by atoms with Crippen LogP contribution in [0.25, 0.3) is 0 Å². The second kappa shape index (κ2) is 26.9. The Bertz CT molecular complexity index is 712. The second-order valence-electron chi connectivity index (χ2n) is 9.30. The van der Waals surface area contributed by atoms with Crippen LogP contribution < -0.4 is 0 Å². The molecule has 3 heteroatoms. The second-order valence-corrected chi connectivity index (χ2v) is 9.30. The predicted molar refractivity (Wildman–Crippen MR) is 158 cm³/mol. The van der Waals surface area contributed by atoms with Crippen molar-refractivity contribution >= 4 is 0 Å². The molecule has 0 N–H and O–H groups in total. The van der Waals surface area contributed by atoms with Crippen molar-refractivity contribution in [2.75, 3.05) is 13.6 Å². The number of hydrogen-bond donors (Lipinski definition) is 0. The summed E-state index contributed by atoms with van der Waals surface area (Å²) in [5.74, 6) is 0. The summed E-state index contributed by atoms with van der Waals surface area (Å²) in [5, 5.41) is 0. The van der Waals surface area contributed by atoms with Crippen molar-refractivity contribution < 1.29 is 14.2 Å². The van der Waals surface area contributed by atoms with Gasteiger partial charge in [-0.25, -0.2) is 0 Å². The quantitative estimate of drug-likeness (QED) is 0.0953. The van der Waals surface area contributed by atoms with Crippen molar-refractivity contribution in [2.24, 2.45) is 0 Å². The Morgan fingerprint density at radius 3 is 1.38 bits per heavy atom. The molecule has 2 rings (SSSR count). The van der Waals surface area contributed by atoms with E-state index in [4.69, 9.17) is 14.2 Å². The average molecular weight is 509 g/mol. The molecule has 0 amide bonds. The van der Waals surface area contributed by atoms with E-state index in [1.165, 1.54) is 77.0 Å². The van der Waals surface area contributed by atoms with E-state index in [1.54, 1.807) is 0 Å². The van der Waals surface area contributed by atoms with Gasteiger partial charge in [0.05, 0.1) is 13.2 Å². The summed E-state index contributed by atoms with van der Waals surface area (Å²) in [6.45, 7) is 6.05. The fourth-order valence-electron chi connectivity index (χ4n) is 3.69. The summed E-state index contributed by atoms with van der Waals surface area (Å²) in [5.41, 5.74) is 2.27. The van der Waals surface area contributed by atoms with Crippen LogP contribution in [0.3, 0.4) is 0 Å². The van der Waals surface area contributed by atoms with Crippen molar-refractivity contribution in [1.29, 1.82) is 0 Å². The Balaban J connectivity index is 0.000000371. The van der Waals surface area contributed by atoms with Crippen LogP contribution in [-0.4, -0.2) is 13.6 Å². The first-order chi connectivity index (χ1) is 18.4. The standard InChI is InChI=1S/C18H34.C16H18O3/c1-3-5-7-9-11-13-15-17-18-16-14-12-10-8-6-4-2;1-3-7-15(8-4-1)11-17-13-19-14-18-12-16-9-5-2-6-10-16/h5,7,10,12H,3-4,6,8-9,11,13-18H2,1-2H3;1-10H,11-14H2/b7-5-,12-10+;. The molecule has 37 heavy (non-hydrogen) atoms. The Labute approximate surface area is 227 Å². The number of hydrogen-bond acceptors (Lipinski definition) is 3. The van der Waals surface area contributed by atoms with Gasteiger partial charge in [-0.15, -0.1) is 0 Å². The molecule has 0 aromatic heterocycles. The third kappa shape index (κ3) is 22.7. The van der Waals surface area contributed by atoms with Gasteiger partial charge in [-0.05, 0) is 49.7 Å². The van der Waals surface area contributed by atoms with E-state index in [-0.39, 0.29) is 13.6 Å². The summed E-state index contributed by atoms with van der Waals surface area (Å²) < 4.78 is 16.0. The zero-order chi connectivity index (χ0) is 26.5. The van der Waals surface area contributed by atoms with E-state index in [0.29, 0.717) is 13.2 Å². The van der Waals surface area contributed by atoms with Gasteiger partial charge in [0.2, 0.25) is 0 Å². The minimum absolute atomic E-state index is 0.240. The van der Waals surface area contributed by atoms with Gasteiger partial charge in [0.1, 0.15) is 13.6 Å². The van der Waals surface area contributed by atoms with Gasteiger partial charge in [0, 0.05) is 0 Å². The fourth-order valence-corrected chi connectivity index (χ4v) is 3.69. The van der Waals surface area contributed by atoms with Crippen LogP contribution in [0, 0.1) is 0 Å². The largest absolute Gasteiger partial charge is 0.351 e. The van der Waals surface area contributed by atoms with E-state index in [2.05, 4.69) is 38.2 Å². The van der Waals surface area contributed by atoms with Crippen LogP contribution in [0.2, 0.25) is 0 Å². The molecule has 0 radical (unpaired) electrons. The molecule has 2 aromatic rings. The van der Waals surface area contributed by atoms with Crippen LogP contribution in [0.1, 0.15) is 102 Å². The molecule has 0 unspecified atom stereocenters. The monoisotopic (exact) mass is 508 g/mol. The molecule has 3 nitrogen and oxygen atoms in total. The number of benzene rings is 2. The van der Waals surface area contributed by atoms with Crippen molar-refractivity contribution in [3.63, 3.8) is 0 Å². The van der Waals surface area contributed by atoms with Gasteiger partial charge in [0.15, 0.2) is 0 Å². The van der Waals surface area contributed by atoms with Crippen LogP contribution >= 0.6 is 0 Å². The third-order valence-electron chi connectivity index (χ3n) is 5.84. The lowest BCUT2D eigenvalue weighted by atomic mass is 10.1. The molecule has 0 spiro atoms. The zero-order valence-electron chi connectivity index (χ0n) is 23.6. The molecule has 0 heterocycles. The van der Waals surface area contributed by atoms with Crippen molar-refractivity contribution in [2.45, 2.75) is 104 Å². The maximum Gasteiger partial charge on any atom is 0.150 e. The maximum atomic E-state index is 5.37. The predicted octanol–water partition coefficient (Wildman–Crippen LogP) is 10.2. The van der Waals surface area contributed by atoms with Crippen molar-refractivity contribution in [3.05, 3.63) is 96.1 Å². The molecule has 206 valence electrons. The summed E-state index contributed by atoms with van der Waals surface area (Å²) in [4.78, 5) is 0. The number of unbranched alkanes of at least 4 members (excludes halogenated alkanes) is 9. The molecular weight excluding hydrogens is 456 g/mol. The van der Waals surface area contributed by atoms with Gasteiger partial charge in [-0.2, -0.15) is 0 Å². The Hall–Kier alpha value is -2.20. The molecule has 0 aliphatic heterocycles. The van der Waals surface area contributed by atoms with Crippen molar-refractivity contribution in [1.82, 2.24) is 0 Å². The average Bonchev–Trinajstić information content (AvgIpc) is 2.94. The Kier molecular flexibility index (Phi) is 23.8. The lowest BCUT2D eigenvalue weighted by molar-refractivity contribution is -0.139. The Morgan fingerprint density at radius 1 is 0.486 bits per heavy atom. The Morgan fingerprint density at radius 2 is 0.919 bits per heavy atom. The number of rotatable bonds is 21. The first-order valence-electron chi connectivity index (χ1n) is 14.5. The fraction of sp³-hybridized carbons (Fsp3) is 0.529. The molecule has 0 saturated carbocycles. The highest BCUT2D eigenvalue weighted by atomic mass is 16.7. The van der Waals surface area contributed by atoms with E-state index < -0.39 is 0 Å². The SMILES string of the molecule is CC/C=C\CCCCCCCC/C=C/CCCC.c1ccc(COCOCOCc2ccccc2)cc1. The smallest absolute Gasteiger partial charge is 0.150 e. The van der Waals surface area contributed by atoms with E-state index >= 15 is 0 Å². The molecule has 0 saturated heterocycles. The van der Waals surface area contributed by atoms with E-state index in [9.17, 15) is 0 Å². The van der Waals surface area contributed by atoms with Gasteiger partial charge in [-0.1, -0.05) is 137 Å². The van der Waals surface area contributed by atoms with Crippen molar-refractivity contribution in [3.8, 4) is 0 Å². The van der Waals surface area contributed by atoms with E-state index in [1.807, 2.05) is 60.7 Å². The highest BCUT2D eigenvalue weighted by molar-refractivity contribution is 5.14. The minimum atomic E-state index is 0.240. The highest BCUT2D eigenvalue weighted by Gasteiger charge is 1.94. The van der Waals surface area contributed by atoms with Crippen LogP contribution in [0.15, 0.2) is 85.0 Å². The molecule has 2 aromatic carbocycles. The van der Waals surface area contributed by atoms with Gasteiger partial charge in [0.25, 0.3) is 0 Å². The molecular formula is C34H52O3. The topological polar surface area (TPSA) is 27.7 Å². The van der Waals surface area contributed by atoms with Crippen LogP contribution in [0.5, 0.6) is 0 Å². The highest BCUT2D eigenvalue weighted by Crippen LogP contribution is 2.10. The summed E-state index contributed by atoms with van der Waals surface area (Å²) in [7, 11) is 0. The zero-order valence-corrected chi connectivity index (χ0v) is 23.6. The van der Waals surface area contributed by atoms with Gasteiger partial charge >= 0.3 is 0 Å². The lowest BCUT2D eigenvalue weighted by Gasteiger charge is -2.07.